The number of hydrogen-bond donors (Lipinski definition) is 0. The molecule has 1 fully saturated rings. The maximum Gasteiger partial charge on any atom is 0.255 e. The highest BCUT2D eigenvalue weighted by atomic mass is 79.9. The minimum atomic E-state index is -0.0762. The molecule has 1 aliphatic heterocycles. The summed E-state index contributed by atoms with van der Waals surface area (Å²) in [5.74, 6) is 0.568. The summed E-state index contributed by atoms with van der Waals surface area (Å²) in [6.45, 7) is 1.25. The van der Waals surface area contributed by atoms with E-state index in [9.17, 15) is 4.79 Å². The smallest absolute Gasteiger partial charge is 0.255 e. The molecule has 0 bridgehead atoms. The van der Waals surface area contributed by atoms with Crippen molar-refractivity contribution in [2.24, 2.45) is 0 Å². The molecule has 5 nitrogen and oxygen atoms in total. The molecule has 2 aromatic rings. The first-order valence-corrected chi connectivity index (χ1v) is 8.46. The van der Waals surface area contributed by atoms with Gasteiger partial charge < -0.3 is 9.64 Å². The van der Waals surface area contributed by atoms with Crippen LogP contribution in [0.4, 0.5) is 0 Å². The number of piperidine rings is 1. The molecule has 0 N–H and O–H groups in total. The quantitative estimate of drug-likeness (QED) is 0.796. The van der Waals surface area contributed by atoms with Crippen molar-refractivity contribution in [3.63, 3.8) is 0 Å². The lowest BCUT2D eigenvalue weighted by atomic mass is 10.1. The second-order valence-electron chi connectivity index (χ2n) is 5.33. The van der Waals surface area contributed by atoms with Gasteiger partial charge in [0.15, 0.2) is 0 Å². The fraction of sp³-hybridized carbons (Fsp3) is 0.312. The van der Waals surface area contributed by atoms with Crippen molar-refractivity contribution in [1.82, 2.24) is 14.9 Å². The van der Waals surface area contributed by atoms with Crippen LogP contribution < -0.4 is 4.74 Å². The fourth-order valence-corrected chi connectivity index (χ4v) is 3.10. The van der Waals surface area contributed by atoms with Crippen LogP contribution in [0, 0.1) is 0 Å². The zero-order valence-electron chi connectivity index (χ0n) is 12.3. The predicted octanol–water partition coefficient (Wildman–Crippen LogP) is 3.58. The number of aromatic nitrogens is 2. The summed E-state index contributed by atoms with van der Waals surface area (Å²) in [5, 5.41) is 0.479. The summed E-state index contributed by atoms with van der Waals surface area (Å²) in [7, 11) is 0. The van der Waals surface area contributed by atoms with Crippen LogP contribution in [0.15, 0.2) is 41.4 Å². The molecule has 0 spiro atoms. The Labute approximate surface area is 147 Å². The molecule has 0 aliphatic carbocycles. The Hall–Kier alpha value is -1.66. The van der Waals surface area contributed by atoms with Gasteiger partial charge in [0, 0.05) is 41.9 Å². The molecule has 1 saturated heterocycles. The van der Waals surface area contributed by atoms with E-state index in [1.54, 1.807) is 41.8 Å². The van der Waals surface area contributed by atoms with E-state index in [1.165, 1.54) is 0 Å². The van der Waals surface area contributed by atoms with Crippen LogP contribution in [0.25, 0.3) is 0 Å². The molecule has 1 amide bonds. The predicted molar refractivity (Wildman–Crippen MR) is 90.7 cm³/mol. The van der Waals surface area contributed by atoms with Crippen molar-refractivity contribution in [2.75, 3.05) is 13.1 Å². The number of pyridine rings is 2. The van der Waals surface area contributed by atoms with Crippen LogP contribution in [0.2, 0.25) is 5.02 Å². The fourth-order valence-electron chi connectivity index (χ4n) is 2.57. The number of carbonyl (C=O) groups is 1. The number of hydrogen-bond acceptors (Lipinski definition) is 4. The van der Waals surface area contributed by atoms with Crippen LogP contribution in [0.1, 0.15) is 23.2 Å². The van der Waals surface area contributed by atoms with E-state index in [-0.39, 0.29) is 12.0 Å². The Morgan fingerprint density at radius 1 is 1.35 bits per heavy atom. The molecule has 0 saturated carbocycles. The first-order valence-electron chi connectivity index (χ1n) is 7.29. The Bertz CT molecular complexity index is 713. The number of amides is 1. The monoisotopic (exact) mass is 395 g/mol. The Morgan fingerprint density at radius 2 is 2.22 bits per heavy atom. The lowest BCUT2D eigenvalue weighted by Crippen LogP contribution is -2.44. The van der Waals surface area contributed by atoms with Gasteiger partial charge in [-0.25, -0.2) is 0 Å². The summed E-state index contributed by atoms with van der Waals surface area (Å²) >= 11 is 9.41. The molecule has 0 radical (unpaired) electrons. The zero-order valence-corrected chi connectivity index (χ0v) is 14.6. The Morgan fingerprint density at radius 3 is 3.00 bits per heavy atom. The molecule has 1 aliphatic rings. The number of rotatable bonds is 3. The van der Waals surface area contributed by atoms with Gasteiger partial charge in [0.05, 0.1) is 12.1 Å². The third-order valence-electron chi connectivity index (χ3n) is 3.65. The minimum absolute atomic E-state index is 0.0343. The highest BCUT2D eigenvalue weighted by molar-refractivity contribution is 9.10. The van der Waals surface area contributed by atoms with E-state index < -0.39 is 0 Å². The SMILES string of the molecule is O=C(c1cncc(Br)c1)N1CCCC(Oc2ccncc2Cl)C1. The third-order valence-corrected chi connectivity index (χ3v) is 4.36. The topological polar surface area (TPSA) is 55.3 Å². The van der Waals surface area contributed by atoms with Crippen LogP contribution in [0.3, 0.4) is 0 Å². The number of ether oxygens (including phenoxy) is 1. The second-order valence-corrected chi connectivity index (χ2v) is 6.65. The summed E-state index contributed by atoms with van der Waals surface area (Å²) in [6, 6.07) is 3.51. The van der Waals surface area contributed by atoms with Gasteiger partial charge in [-0.15, -0.1) is 0 Å². The van der Waals surface area contributed by atoms with Crippen LogP contribution in [-0.2, 0) is 0 Å². The molecule has 23 heavy (non-hydrogen) atoms. The van der Waals surface area contributed by atoms with Gasteiger partial charge in [0.1, 0.15) is 16.9 Å². The zero-order chi connectivity index (χ0) is 16.2. The summed E-state index contributed by atoms with van der Waals surface area (Å²) < 4.78 is 6.72. The van der Waals surface area contributed by atoms with E-state index in [2.05, 4.69) is 25.9 Å². The van der Waals surface area contributed by atoms with Crippen LogP contribution in [0.5, 0.6) is 5.75 Å². The highest BCUT2D eigenvalue weighted by Gasteiger charge is 2.26. The lowest BCUT2D eigenvalue weighted by Gasteiger charge is -2.33. The summed E-state index contributed by atoms with van der Waals surface area (Å²) in [5.41, 5.74) is 0.571. The van der Waals surface area contributed by atoms with Gasteiger partial charge in [-0.05, 0) is 34.8 Å². The average Bonchev–Trinajstić information content (AvgIpc) is 2.56. The molecule has 3 heterocycles. The van der Waals surface area contributed by atoms with Crippen molar-refractivity contribution in [3.8, 4) is 5.75 Å². The number of carbonyl (C=O) groups excluding carboxylic acids is 1. The summed E-state index contributed by atoms with van der Waals surface area (Å²) in [6.07, 6.45) is 8.13. The van der Waals surface area contributed by atoms with Gasteiger partial charge >= 0.3 is 0 Å². The van der Waals surface area contributed by atoms with Crippen molar-refractivity contribution in [1.29, 1.82) is 0 Å². The molecule has 120 valence electrons. The van der Waals surface area contributed by atoms with Crippen molar-refractivity contribution < 1.29 is 9.53 Å². The molecule has 7 heteroatoms. The van der Waals surface area contributed by atoms with Gasteiger partial charge in [0.2, 0.25) is 0 Å². The van der Waals surface area contributed by atoms with Crippen LogP contribution >= 0.6 is 27.5 Å². The molecule has 1 unspecified atom stereocenters. The van der Waals surface area contributed by atoms with Crippen molar-refractivity contribution in [2.45, 2.75) is 18.9 Å². The van der Waals surface area contributed by atoms with Crippen molar-refractivity contribution in [3.05, 3.63) is 52.0 Å². The molecular weight excluding hydrogens is 382 g/mol. The third kappa shape index (κ3) is 4.00. The maximum absolute atomic E-state index is 12.6. The van der Waals surface area contributed by atoms with E-state index >= 15 is 0 Å². The molecule has 3 rings (SSSR count). The maximum atomic E-state index is 12.6. The molecule has 2 aromatic heterocycles. The van der Waals surface area contributed by atoms with E-state index in [4.69, 9.17) is 16.3 Å². The Balaban J connectivity index is 1.68. The lowest BCUT2D eigenvalue weighted by molar-refractivity contribution is 0.0537. The second kappa shape index (κ2) is 7.27. The number of nitrogens with zero attached hydrogens (tertiary/aromatic N) is 3. The van der Waals surface area contributed by atoms with E-state index in [0.29, 0.717) is 22.9 Å². The first-order chi connectivity index (χ1) is 11.1. The van der Waals surface area contributed by atoms with Crippen molar-refractivity contribution >= 4 is 33.4 Å². The molecule has 1 atom stereocenters. The first kappa shape index (κ1) is 16.2. The minimum Gasteiger partial charge on any atom is -0.487 e. The van der Waals surface area contributed by atoms with E-state index in [0.717, 1.165) is 23.9 Å². The number of likely N-dealkylation sites (tertiary alicyclic amines) is 1. The molecule has 0 aromatic carbocycles. The van der Waals surface area contributed by atoms with Gasteiger partial charge in [-0.1, -0.05) is 11.6 Å². The largest absolute Gasteiger partial charge is 0.487 e. The normalized spacial score (nSPS) is 17.8. The van der Waals surface area contributed by atoms with Crippen LogP contribution in [-0.4, -0.2) is 40.0 Å². The van der Waals surface area contributed by atoms with Gasteiger partial charge in [0.25, 0.3) is 5.91 Å². The average molecular weight is 397 g/mol. The van der Waals surface area contributed by atoms with E-state index in [1.807, 2.05) is 0 Å². The standard InChI is InChI=1S/C16H15BrClN3O2/c17-12-6-11(7-20-8-12)16(22)21-5-1-2-13(10-21)23-15-3-4-19-9-14(15)18/h3-4,6-9,13H,1-2,5,10H2. The Kier molecular flexibility index (Phi) is 5.13. The summed E-state index contributed by atoms with van der Waals surface area (Å²) in [4.78, 5) is 22.4. The molecular formula is C16H15BrClN3O2. The highest BCUT2D eigenvalue weighted by Crippen LogP contribution is 2.26. The van der Waals surface area contributed by atoms with Gasteiger partial charge in [-0.3, -0.25) is 14.8 Å². The van der Waals surface area contributed by atoms with Gasteiger partial charge in [-0.2, -0.15) is 0 Å². The number of halogens is 2.